The lowest BCUT2D eigenvalue weighted by atomic mass is 9.78. The molecule has 0 radical (unpaired) electrons. The van der Waals surface area contributed by atoms with Crippen LogP contribution in [0.5, 0.6) is 0 Å². The highest BCUT2D eigenvalue weighted by Gasteiger charge is 2.31. The number of benzene rings is 1. The summed E-state index contributed by atoms with van der Waals surface area (Å²) in [6.45, 7) is 1.45. The van der Waals surface area contributed by atoms with E-state index < -0.39 is 5.97 Å². The van der Waals surface area contributed by atoms with Crippen LogP contribution < -0.4 is 0 Å². The maximum Gasteiger partial charge on any atom is 0.335 e. The fourth-order valence-electron chi connectivity index (χ4n) is 3.27. The first-order chi connectivity index (χ1) is 9.74. The molecule has 0 spiro atoms. The summed E-state index contributed by atoms with van der Waals surface area (Å²) in [5.41, 5.74) is 1.61. The van der Waals surface area contributed by atoms with Crippen LogP contribution in [0.25, 0.3) is 0 Å². The van der Waals surface area contributed by atoms with Gasteiger partial charge in [0.25, 0.3) is 0 Å². The van der Waals surface area contributed by atoms with Gasteiger partial charge in [-0.1, -0.05) is 12.1 Å². The first-order valence-corrected chi connectivity index (χ1v) is 7.30. The van der Waals surface area contributed by atoms with Crippen molar-refractivity contribution in [3.8, 4) is 0 Å². The summed E-state index contributed by atoms with van der Waals surface area (Å²) >= 11 is 0. The fourth-order valence-corrected chi connectivity index (χ4v) is 3.27. The molecule has 0 bridgehead atoms. The average molecular weight is 276 g/mol. The third kappa shape index (κ3) is 2.86. The minimum Gasteiger partial charge on any atom is -0.478 e. The lowest BCUT2D eigenvalue weighted by Gasteiger charge is -2.31. The van der Waals surface area contributed by atoms with Gasteiger partial charge in [0.1, 0.15) is 0 Å². The largest absolute Gasteiger partial charge is 0.478 e. The van der Waals surface area contributed by atoms with E-state index in [4.69, 9.17) is 14.6 Å². The first-order valence-electron chi connectivity index (χ1n) is 7.30. The van der Waals surface area contributed by atoms with Crippen LogP contribution in [0.4, 0.5) is 0 Å². The number of hydrogen-bond acceptors (Lipinski definition) is 3. The van der Waals surface area contributed by atoms with Gasteiger partial charge in [0.2, 0.25) is 0 Å². The first kappa shape index (κ1) is 13.6. The Balaban J connectivity index is 1.58. The normalized spacial score (nSPS) is 27.6. The Hall–Kier alpha value is -1.39. The van der Waals surface area contributed by atoms with E-state index in [9.17, 15) is 4.79 Å². The molecule has 0 atom stereocenters. The van der Waals surface area contributed by atoms with Crippen molar-refractivity contribution in [2.45, 2.75) is 37.9 Å². The number of aromatic carboxylic acids is 1. The highest BCUT2D eigenvalue weighted by molar-refractivity contribution is 5.87. The molecule has 1 aliphatic heterocycles. The maximum atomic E-state index is 10.9. The topological polar surface area (TPSA) is 55.8 Å². The number of ether oxygens (including phenoxy) is 2. The number of rotatable bonds is 3. The lowest BCUT2D eigenvalue weighted by molar-refractivity contribution is -0.0931. The molecule has 1 aliphatic carbocycles. The summed E-state index contributed by atoms with van der Waals surface area (Å²) in [6, 6.07) is 7.31. The van der Waals surface area contributed by atoms with E-state index in [0.29, 0.717) is 17.4 Å². The summed E-state index contributed by atoms with van der Waals surface area (Å²) in [5.74, 6) is 0.193. The molecule has 3 rings (SSSR count). The van der Waals surface area contributed by atoms with Gasteiger partial charge in [-0.15, -0.1) is 0 Å². The Morgan fingerprint density at radius 2 is 1.60 bits per heavy atom. The van der Waals surface area contributed by atoms with Gasteiger partial charge in [-0.25, -0.2) is 4.79 Å². The molecule has 4 heteroatoms. The van der Waals surface area contributed by atoms with Gasteiger partial charge < -0.3 is 14.6 Å². The molecule has 1 N–H and O–H groups in total. The molecule has 0 aromatic heterocycles. The number of hydrogen-bond donors (Lipinski definition) is 1. The fraction of sp³-hybridized carbons (Fsp3) is 0.562. The van der Waals surface area contributed by atoms with Crippen molar-refractivity contribution in [3.63, 3.8) is 0 Å². The standard InChI is InChI=1S/C16H20O4/c17-15(18)13-5-1-11(2-6-13)12-3-7-14(8-4-12)16-19-9-10-20-16/h1-2,5-6,12,14,16H,3-4,7-10H2,(H,17,18)/t12-,14-. The second kappa shape index (κ2) is 5.94. The summed E-state index contributed by atoms with van der Waals surface area (Å²) < 4.78 is 11.2. The zero-order chi connectivity index (χ0) is 13.9. The number of carbonyl (C=O) groups is 1. The average Bonchev–Trinajstić information content (AvgIpc) is 3.02. The molecule has 1 saturated carbocycles. The lowest BCUT2D eigenvalue weighted by Crippen LogP contribution is -2.26. The molecule has 4 nitrogen and oxygen atoms in total. The SMILES string of the molecule is O=C(O)c1ccc([C@H]2CC[C@H](C3OCCO3)CC2)cc1. The Morgan fingerprint density at radius 1 is 1.00 bits per heavy atom. The molecular formula is C16H20O4. The monoisotopic (exact) mass is 276 g/mol. The number of carboxylic acids is 1. The van der Waals surface area contributed by atoms with Crippen LogP contribution in [0.15, 0.2) is 24.3 Å². The molecule has 2 aliphatic rings. The van der Waals surface area contributed by atoms with Crippen molar-refractivity contribution in [3.05, 3.63) is 35.4 Å². The van der Waals surface area contributed by atoms with Crippen molar-refractivity contribution in [1.82, 2.24) is 0 Å². The molecule has 2 fully saturated rings. The Morgan fingerprint density at radius 3 is 2.15 bits per heavy atom. The van der Waals surface area contributed by atoms with Gasteiger partial charge >= 0.3 is 5.97 Å². The highest BCUT2D eigenvalue weighted by atomic mass is 16.7. The van der Waals surface area contributed by atoms with E-state index in [1.165, 1.54) is 5.56 Å². The molecule has 108 valence electrons. The molecule has 0 unspecified atom stereocenters. The van der Waals surface area contributed by atoms with Crippen LogP contribution >= 0.6 is 0 Å². The summed E-state index contributed by atoms with van der Waals surface area (Å²) in [7, 11) is 0. The van der Waals surface area contributed by atoms with Crippen molar-refractivity contribution in [2.75, 3.05) is 13.2 Å². The summed E-state index contributed by atoms with van der Waals surface area (Å²) in [6.07, 6.45) is 4.50. The van der Waals surface area contributed by atoms with Crippen LogP contribution in [0, 0.1) is 5.92 Å². The predicted molar refractivity (Wildman–Crippen MR) is 73.8 cm³/mol. The molecular weight excluding hydrogens is 256 g/mol. The van der Waals surface area contributed by atoms with E-state index in [1.807, 2.05) is 12.1 Å². The van der Waals surface area contributed by atoms with Crippen LogP contribution in [-0.4, -0.2) is 30.6 Å². The predicted octanol–water partition coefficient (Wildman–Crippen LogP) is 3.03. The minimum atomic E-state index is -0.865. The maximum absolute atomic E-state index is 10.9. The zero-order valence-electron chi connectivity index (χ0n) is 11.5. The van der Waals surface area contributed by atoms with E-state index in [1.54, 1.807) is 12.1 Å². The zero-order valence-corrected chi connectivity index (χ0v) is 11.5. The van der Waals surface area contributed by atoms with Gasteiger partial charge in [-0.05, 0) is 49.3 Å². The van der Waals surface area contributed by atoms with Gasteiger partial charge in [-0.3, -0.25) is 0 Å². The van der Waals surface area contributed by atoms with E-state index >= 15 is 0 Å². The van der Waals surface area contributed by atoms with Crippen LogP contribution in [0.2, 0.25) is 0 Å². The van der Waals surface area contributed by atoms with Gasteiger partial charge in [-0.2, -0.15) is 0 Å². The summed E-state index contributed by atoms with van der Waals surface area (Å²) in [5, 5.41) is 8.91. The van der Waals surface area contributed by atoms with Crippen LogP contribution in [0.1, 0.15) is 47.5 Å². The quantitative estimate of drug-likeness (QED) is 0.922. The van der Waals surface area contributed by atoms with Gasteiger partial charge in [0.05, 0.1) is 18.8 Å². The van der Waals surface area contributed by atoms with Crippen molar-refractivity contribution in [2.24, 2.45) is 5.92 Å². The van der Waals surface area contributed by atoms with E-state index in [-0.39, 0.29) is 6.29 Å². The molecule has 1 aromatic carbocycles. The van der Waals surface area contributed by atoms with Crippen molar-refractivity contribution < 1.29 is 19.4 Å². The van der Waals surface area contributed by atoms with E-state index in [0.717, 1.165) is 38.9 Å². The second-order valence-corrected chi connectivity index (χ2v) is 5.65. The Labute approximate surface area is 118 Å². The Kier molecular flexibility index (Phi) is 4.03. The third-order valence-electron chi connectivity index (χ3n) is 4.43. The van der Waals surface area contributed by atoms with E-state index in [2.05, 4.69) is 0 Å². The minimum absolute atomic E-state index is 0.00494. The van der Waals surface area contributed by atoms with Crippen LogP contribution in [-0.2, 0) is 9.47 Å². The third-order valence-corrected chi connectivity index (χ3v) is 4.43. The van der Waals surface area contributed by atoms with Crippen molar-refractivity contribution >= 4 is 5.97 Å². The highest BCUT2D eigenvalue weighted by Crippen LogP contribution is 2.38. The molecule has 1 aromatic rings. The van der Waals surface area contributed by atoms with Crippen molar-refractivity contribution in [1.29, 1.82) is 0 Å². The number of carboxylic acid groups (broad SMARTS) is 1. The van der Waals surface area contributed by atoms with Gasteiger partial charge in [0.15, 0.2) is 6.29 Å². The second-order valence-electron chi connectivity index (χ2n) is 5.65. The molecule has 1 heterocycles. The van der Waals surface area contributed by atoms with Crippen LogP contribution in [0.3, 0.4) is 0 Å². The molecule has 0 amide bonds. The Bertz CT molecular complexity index is 454. The summed E-state index contributed by atoms with van der Waals surface area (Å²) in [4.78, 5) is 10.9. The molecule has 20 heavy (non-hydrogen) atoms. The molecule has 1 saturated heterocycles. The van der Waals surface area contributed by atoms with Gasteiger partial charge in [0, 0.05) is 5.92 Å². The smallest absolute Gasteiger partial charge is 0.335 e.